The molecular weight excluding hydrogens is 552 g/mol. The van der Waals surface area contributed by atoms with Crippen LogP contribution in [0.4, 0.5) is 0 Å². The minimum absolute atomic E-state index is 0.0253. The van der Waals surface area contributed by atoms with Gasteiger partial charge in [0.05, 0.1) is 44.5 Å². The first kappa shape index (κ1) is 29.0. The Kier molecular flexibility index (Phi) is 8.14. The second-order valence-electron chi connectivity index (χ2n) is 10.8. The molecule has 41 heavy (non-hydrogen) atoms. The number of thiol groups is 1. The molecule has 3 heterocycles. The summed E-state index contributed by atoms with van der Waals surface area (Å²) in [4.78, 5) is 13.4. The predicted molar refractivity (Wildman–Crippen MR) is 152 cm³/mol. The van der Waals surface area contributed by atoms with E-state index in [2.05, 4.69) is 12.6 Å². The van der Waals surface area contributed by atoms with Gasteiger partial charge in [0, 0.05) is 31.6 Å². The molecule has 0 N–H and O–H groups in total. The van der Waals surface area contributed by atoms with Crippen molar-refractivity contribution in [1.82, 2.24) is 0 Å². The van der Waals surface area contributed by atoms with Gasteiger partial charge in [0.1, 0.15) is 17.2 Å². The van der Waals surface area contributed by atoms with Crippen LogP contribution in [0.3, 0.4) is 0 Å². The molecule has 2 aromatic rings. The number of aryl methyl sites for hydroxylation is 1. The highest BCUT2D eigenvalue weighted by Gasteiger charge is 2.76. The van der Waals surface area contributed by atoms with Gasteiger partial charge in [-0.15, -0.1) is 0 Å². The first-order valence-electron chi connectivity index (χ1n) is 14.2. The molecule has 11 heteroatoms. The van der Waals surface area contributed by atoms with E-state index in [4.69, 9.17) is 42.6 Å². The predicted octanol–water partition coefficient (Wildman–Crippen LogP) is 4.00. The highest BCUT2D eigenvalue weighted by Crippen LogP contribution is 2.54. The van der Waals surface area contributed by atoms with Crippen LogP contribution in [-0.2, 0) is 34.8 Å². The summed E-state index contributed by atoms with van der Waals surface area (Å²) in [6.45, 7) is 3.58. The van der Waals surface area contributed by atoms with E-state index in [9.17, 15) is 4.79 Å². The molecule has 3 aliphatic heterocycles. The van der Waals surface area contributed by atoms with Crippen molar-refractivity contribution in [3.63, 3.8) is 0 Å². The number of ether oxygens (including phenoxy) is 9. The minimum atomic E-state index is -1.42. The Morgan fingerprint density at radius 2 is 1.88 bits per heavy atom. The topological polar surface area (TPSA) is 100 Å². The zero-order valence-electron chi connectivity index (χ0n) is 24.0. The minimum Gasteiger partial charge on any atom is -0.496 e. The van der Waals surface area contributed by atoms with Gasteiger partial charge in [0.2, 0.25) is 6.29 Å². The summed E-state index contributed by atoms with van der Waals surface area (Å²) in [7, 11) is 4.74. The van der Waals surface area contributed by atoms with E-state index in [1.54, 1.807) is 21.3 Å². The Morgan fingerprint density at radius 3 is 2.59 bits per heavy atom. The van der Waals surface area contributed by atoms with Crippen LogP contribution in [0.25, 0.3) is 10.8 Å². The summed E-state index contributed by atoms with van der Waals surface area (Å²) >= 11 is 4.35. The number of carbonyl (C=O) groups excluding carboxylic acids is 1. The second kappa shape index (κ2) is 11.5. The first-order valence-corrected chi connectivity index (χ1v) is 14.8. The van der Waals surface area contributed by atoms with Gasteiger partial charge in [-0.2, -0.15) is 12.6 Å². The maximum Gasteiger partial charge on any atom is 0.271 e. The molecule has 1 aliphatic carbocycles. The smallest absolute Gasteiger partial charge is 0.271 e. The lowest BCUT2D eigenvalue weighted by molar-refractivity contribution is -0.364. The van der Waals surface area contributed by atoms with Crippen molar-refractivity contribution in [2.75, 3.05) is 53.5 Å². The summed E-state index contributed by atoms with van der Waals surface area (Å²) in [6.07, 6.45) is 1.07. The van der Waals surface area contributed by atoms with Gasteiger partial charge in [-0.25, -0.2) is 0 Å². The van der Waals surface area contributed by atoms with Crippen molar-refractivity contribution in [1.29, 1.82) is 0 Å². The van der Waals surface area contributed by atoms with E-state index in [1.807, 2.05) is 19.1 Å². The van der Waals surface area contributed by atoms with Gasteiger partial charge in [0.25, 0.3) is 11.6 Å². The van der Waals surface area contributed by atoms with Gasteiger partial charge >= 0.3 is 0 Å². The van der Waals surface area contributed by atoms with Crippen molar-refractivity contribution in [3.8, 4) is 17.2 Å². The number of ketones is 1. The molecule has 0 saturated carbocycles. The van der Waals surface area contributed by atoms with E-state index in [0.717, 1.165) is 35.8 Å². The molecule has 6 rings (SSSR count). The third-order valence-corrected chi connectivity index (χ3v) is 8.65. The van der Waals surface area contributed by atoms with Crippen LogP contribution in [0.1, 0.15) is 47.2 Å². The van der Waals surface area contributed by atoms with Crippen molar-refractivity contribution in [2.45, 2.75) is 69.1 Å². The molecule has 0 radical (unpaired) electrons. The summed E-state index contributed by atoms with van der Waals surface area (Å²) in [5, 5.41) is 1.43. The molecule has 4 aliphatic rings. The number of carbonyl (C=O) groups is 1. The number of Topliss-reactive ketones (excluding diaryl/α,β-unsaturated/α-hetero) is 1. The molecule has 3 fully saturated rings. The Bertz CT molecular complexity index is 1310. The number of rotatable bonds is 10. The van der Waals surface area contributed by atoms with E-state index in [1.165, 1.54) is 0 Å². The zero-order chi connectivity index (χ0) is 28.8. The summed E-state index contributed by atoms with van der Waals surface area (Å²) < 4.78 is 55.9. The normalized spacial score (nSPS) is 29.6. The summed E-state index contributed by atoms with van der Waals surface area (Å²) in [5.74, 6) is -0.520. The molecule has 0 aromatic heterocycles. The maximum atomic E-state index is 13.4. The first-order chi connectivity index (χ1) is 19.9. The fraction of sp³-hybridized carbons (Fsp3) is 0.633. The second-order valence-corrected chi connectivity index (χ2v) is 11.3. The third-order valence-electron chi connectivity index (χ3n) is 8.33. The lowest BCUT2D eigenvalue weighted by atomic mass is 9.85. The molecular formula is C30H38O10S. The number of benzene rings is 2. The number of methoxy groups -OCH3 is 3. The quantitative estimate of drug-likeness (QED) is 0.248. The van der Waals surface area contributed by atoms with E-state index < -0.39 is 30.1 Å². The number of hydrogen-bond acceptors (Lipinski definition) is 11. The molecule has 224 valence electrons. The Labute approximate surface area is 245 Å². The van der Waals surface area contributed by atoms with Crippen LogP contribution in [0.15, 0.2) is 12.1 Å². The Hall–Kier alpha value is -2.12. The van der Waals surface area contributed by atoms with Crippen LogP contribution < -0.4 is 14.2 Å². The van der Waals surface area contributed by atoms with Crippen LogP contribution in [0.5, 0.6) is 17.2 Å². The van der Waals surface area contributed by atoms with Crippen molar-refractivity contribution < 1.29 is 47.4 Å². The van der Waals surface area contributed by atoms with Gasteiger partial charge < -0.3 is 42.6 Å². The van der Waals surface area contributed by atoms with Crippen LogP contribution in [-0.4, -0.2) is 89.4 Å². The third kappa shape index (κ3) is 4.52. The maximum absolute atomic E-state index is 13.4. The van der Waals surface area contributed by atoms with Gasteiger partial charge in [-0.3, -0.25) is 4.79 Å². The van der Waals surface area contributed by atoms with Crippen molar-refractivity contribution in [3.05, 3.63) is 28.8 Å². The van der Waals surface area contributed by atoms with E-state index >= 15 is 0 Å². The largest absolute Gasteiger partial charge is 0.496 e. The highest BCUT2D eigenvalue weighted by atomic mass is 32.1. The fourth-order valence-corrected chi connectivity index (χ4v) is 6.76. The van der Waals surface area contributed by atoms with Gasteiger partial charge in [-0.1, -0.05) is 0 Å². The van der Waals surface area contributed by atoms with E-state index in [0.29, 0.717) is 66.6 Å². The summed E-state index contributed by atoms with van der Waals surface area (Å²) in [6, 6.07) is 3.94. The molecule has 2 aromatic carbocycles. The lowest BCUT2D eigenvalue weighted by Gasteiger charge is -2.44. The number of fused-ring (bicyclic) bond motifs is 4. The molecule has 10 nitrogen and oxygen atoms in total. The van der Waals surface area contributed by atoms with Gasteiger partial charge in [0.15, 0.2) is 18.0 Å². The molecule has 0 amide bonds. The van der Waals surface area contributed by atoms with Crippen molar-refractivity contribution >= 4 is 29.2 Å². The zero-order valence-corrected chi connectivity index (χ0v) is 24.9. The fourth-order valence-electron chi connectivity index (χ4n) is 6.63. The lowest BCUT2D eigenvalue weighted by Crippen LogP contribution is -2.66. The van der Waals surface area contributed by atoms with E-state index in [-0.39, 0.29) is 12.4 Å². The molecule has 4 atom stereocenters. The molecule has 2 bridgehead atoms. The number of hydrogen-bond donors (Lipinski definition) is 1. The van der Waals surface area contributed by atoms with Gasteiger partial charge in [-0.05, 0) is 56.1 Å². The monoisotopic (exact) mass is 590 g/mol. The van der Waals surface area contributed by atoms with Crippen LogP contribution in [0, 0.1) is 6.92 Å². The Morgan fingerprint density at radius 1 is 1.07 bits per heavy atom. The summed E-state index contributed by atoms with van der Waals surface area (Å²) in [5.41, 5.74) is 2.35. The SMILES string of the molecule is COc1c2c(c(OCCCS)c3c(O[C@]4(OC)C5COC(C6OCCCO6)(O5)C4OC)cc(C)cc13)C(=O)CCC2. The average Bonchev–Trinajstić information content (AvgIpc) is 3.54. The average molecular weight is 591 g/mol. The standard InChI is InChI=1S/C30H38O10S/c1-17-14-19-24(26(35-12-7-13-41)23-18(25(19)32-2)8-5-9-20(23)31)21(15-17)39-29(34-4)22-16-38-30(40-22,27(29)33-3)28-36-10-6-11-37-28/h14-15,22,27-28,41H,5-13,16H2,1-4H3/t22?,27?,29-,30?/m1/s1. The van der Waals surface area contributed by atoms with Crippen LogP contribution >= 0.6 is 12.6 Å². The molecule has 3 saturated heterocycles. The Balaban J connectivity index is 1.53. The highest BCUT2D eigenvalue weighted by molar-refractivity contribution is 7.80. The molecule has 0 spiro atoms. The van der Waals surface area contributed by atoms with Crippen molar-refractivity contribution in [2.24, 2.45) is 0 Å². The molecule has 3 unspecified atom stereocenters. The van der Waals surface area contributed by atoms with Crippen LogP contribution in [0.2, 0.25) is 0 Å².